The highest BCUT2D eigenvalue weighted by Gasteiger charge is 2.23. The SMILES string of the molecule is COc1ccc2ccc(OCC(=O)NC3CC3)cc2c1. The van der Waals surface area contributed by atoms with Gasteiger partial charge in [-0.1, -0.05) is 12.1 Å². The van der Waals surface area contributed by atoms with Gasteiger partial charge in [0, 0.05) is 6.04 Å². The lowest BCUT2D eigenvalue weighted by Crippen LogP contribution is -2.30. The zero-order valence-electron chi connectivity index (χ0n) is 11.4. The lowest BCUT2D eigenvalue weighted by Gasteiger charge is -2.08. The molecule has 20 heavy (non-hydrogen) atoms. The minimum Gasteiger partial charge on any atom is -0.497 e. The Hall–Kier alpha value is -2.23. The summed E-state index contributed by atoms with van der Waals surface area (Å²) in [6.07, 6.45) is 2.17. The van der Waals surface area contributed by atoms with Crippen molar-refractivity contribution < 1.29 is 14.3 Å². The van der Waals surface area contributed by atoms with Crippen LogP contribution in [0.1, 0.15) is 12.8 Å². The van der Waals surface area contributed by atoms with Crippen LogP contribution in [0.4, 0.5) is 0 Å². The van der Waals surface area contributed by atoms with E-state index in [1.165, 1.54) is 0 Å². The van der Waals surface area contributed by atoms with Crippen molar-refractivity contribution >= 4 is 16.7 Å². The Morgan fingerprint density at radius 1 is 1.15 bits per heavy atom. The van der Waals surface area contributed by atoms with Crippen molar-refractivity contribution in [3.8, 4) is 11.5 Å². The third-order valence-corrected chi connectivity index (χ3v) is 3.33. The molecule has 0 aromatic heterocycles. The molecule has 1 N–H and O–H groups in total. The van der Waals surface area contributed by atoms with Crippen molar-refractivity contribution in [1.29, 1.82) is 0 Å². The quantitative estimate of drug-likeness (QED) is 0.909. The second-order valence-electron chi connectivity index (χ2n) is 5.01. The maximum absolute atomic E-state index is 11.6. The van der Waals surface area contributed by atoms with Gasteiger partial charge in [0.25, 0.3) is 5.91 Å². The van der Waals surface area contributed by atoms with Crippen LogP contribution < -0.4 is 14.8 Å². The van der Waals surface area contributed by atoms with E-state index in [1.807, 2.05) is 36.4 Å². The van der Waals surface area contributed by atoms with Crippen LogP contribution in [-0.2, 0) is 4.79 Å². The van der Waals surface area contributed by atoms with Crippen molar-refractivity contribution in [2.24, 2.45) is 0 Å². The topological polar surface area (TPSA) is 47.6 Å². The van der Waals surface area contributed by atoms with Crippen molar-refractivity contribution in [3.05, 3.63) is 36.4 Å². The third-order valence-electron chi connectivity index (χ3n) is 3.33. The van der Waals surface area contributed by atoms with Gasteiger partial charge in [0.1, 0.15) is 11.5 Å². The maximum atomic E-state index is 11.6. The molecule has 0 heterocycles. The van der Waals surface area contributed by atoms with Gasteiger partial charge in [0.2, 0.25) is 0 Å². The molecule has 1 amide bonds. The molecule has 1 aliphatic rings. The van der Waals surface area contributed by atoms with Gasteiger partial charge in [0.05, 0.1) is 7.11 Å². The van der Waals surface area contributed by atoms with Gasteiger partial charge in [-0.25, -0.2) is 0 Å². The van der Waals surface area contributed by atoms with Crippen LogP contribution in [0.3, 0.4) is 0 Å². The van der Waals surface area contributed by atoms with Crippen LogP contribution in [0.2, 0.25) is 0 Å². The summed E-state index contributed by atoms with van der Waals surface area (Å²) < 4.78 is 10.7. The summed E-state index contributed by atoms with van der Waals surface area (Å²) >= 11 is 0. The zero-order chi connectivity index (χ0) is 13.9. The Morgan fingerprint density at radius 3 is 2.55 bits per heavy atom. The summed E-state index contributed by atoms with van der Waals surface area (Å²) in [5.74, 6) is 1.44. The number of benzene rings is 2. The van der Waals surface area contributed by atoms with E-state index in [9.17, 15) is 4.79 Å². The van der Waals surface area contributed by atoms with E-state index in [2.05, 4.69) is 5.32 Å². The minimum atomic E-state index is -0.0572. The van der Waals surface area contributed by atoms with Crippen molar-refractivity contribution in [2.75, 3.05) is 13.7 Å². The number of hydrogen-bond acceptors (Lipinski definition) is 3. The fraction of sp³-hybridized carbons (Fsp3) is 0.312. The van der Waals surface area contributed by atoms with Gasteiger partial charge < -0.3 is 14.8 Å². The van der Waals surface area contributed by atoms with Crippen molar-refractivity contribution in [3.63, 3.8) is 0 Å². The first kappa shape index (κ1) is 12.8. The maximum Gasteiger partial charge on any atom is 0.258 e. The Morgan fingerprint density at radius 2 is 1.85 bits per heavy atom. The van der Waals surface area contributed by atoms with Gasteiger partial charge in [-0.15, -0.1) is 0 Å². The van der Waals surface area contributed by atoms with E-state index >= 15 is 0 Å². The highest BCUT2D eigenvalue weighted by molar-refractivity contribution is 5.85. The van der Waals surface area contributed by atoms with Crippen molar-refractivity contribution in [2.45, 2.75) is 18.9 Å². The number of carbonyl (C=O) groups is 1. The van der Waals surface area contributed by atoms with Gasteiger partial charge in [0.15, 0.2) is 6.61 Å². The summed E-state index contributed by atoms with van der Waals surface area (Å²) in [5, 5.41) is 5.04. The van der Waals surface area contributed by atoms with Crippen LogP contribution in [0.5, 0.6) is 11.5 Å². The van der Waals surface area contributed by atoms with E-state index in [1.54, 1.807) is 7.11 Å². The van der Waals surface area contributed by atoms with Crippen LogP contribution in [-0.4, -0.2) is 25.7 Å². The predicted octanol–water partition coefficient (Wildman–Crippen LogP) is 2.51. The molecule has 0 atom stereocenters. The molecule has 104 valence electrons. The highest BCUT2D eigenvalue weighted by Crippen LogP contribution is 2.25. The van der Waals surface area contributed by atoms with E-state index in [4.69, 9.17) is 9.47 Å². The second-order valence-corrected chi connectivity index (χ2v) is 5.01. The molecule has 1 saturated carbocycles. The Kier molecular flexibility index (Phi) is 3.46. The zero-order valence-corrected chi connectivity index (χ0v) is 11.4. The van der Waals surface area contributed by atoms with E-state index < -0.39 is 0 Å². The fourth-order valence-electron chi connectivity index (χ4n) is 2.07. The molecule has 0 spiro atoms. The standard InChI is InChI=1S/C16H17NO3/c1-19-14-6-2-11-3-7-15(9-12(11)8-14)20-10-16(18)17-13-4-5-13/h2-3,6-9,13H,4-5,10H2,1H3,(H,17,18). The summed E-state index contributed by atoms with van der Waals surface area (Å²) in [6, 6.07) is 12.0. The second kappa shape index (κ2) is 5.41. The van der Waals surface area contributed by atoms with Crippen LogP contribution in [0.25, 0.3) is 10.8 Å². The number of nitrogens with one attached hydrogen (secondary N) is 1. The molecule has 2 aromatic rings. The first-order valence-electron chi connectivity index (χ1n) is 6.74. The van der Waals surface area contributed by atoms with Crippen LogP contribution in [0.15, 0.2) is 36.4 Å². The monoisotopic (exact) mass is 271 g/mol. The number of amides is 1. The lowest BCUT2D eigenvalue weighted by molar-refractivity contribution is -0.123. The van der Waals surface area contributed by atoms with E-state index in [-0.39, 0.29) is 12.5 Å². The third kappa shape index (κ3) is 3.02. The van der Waals surface area contributed by atoms with Crippen molar-refractivity contribution in [1.82, 2.24) is 5.32 Å². The molecular formula is C16H17NO3. The molecule has 0 unspecified atom stereocenters. The van der Waals surface area contributed by atoms with Crippen LogP contribution >= 0.6 is 0 Å². The Bertz CT molecular complexity index is 635. The van der Waals surface area contributed by atoms with E-state index in [0.717, 1.165) is 29.4 Å². The molecular weight excluding hydrogens is 254 g/mol. The molecule has 3 rings (SSSR count). The van der Waals surface area contributed by atoms with E-state index in [0.29, 0.717) is 11.8 Å². The number of methoxy groups -OCH3 is 1. The first-order valence-corrected chi connectivity index (χ1v) is 6.74. The fourth-order valence-corrected chi connectivity index (χ4v) is 2.07. The van der Waals surface area contributed by atoms with Gasteiger partial charge in [-0.2, -0.15) is 0 Å². The Balaban J connectivity index is 1.69. The molecule has 0 aliphatic heterocycles. The number of hydrogen-bond donors (Lipinski definition) is 1. The summed E-state index contributed by atoms with van der Waals surface area (Å²) in [4.78, 5) is 11.6. The average molecular weight is 271 g/mol. The summed E-state index contributed by atoms with van der Waals surface area (Å²) in [7, 11) is 1.64. The number of ether oxygens (including phenoxy) is 2. The lowest BCUT2D eigenvalue weighted by atomic mass is 10.1. The van der Waals surface area contributed by atoms with Gasteiger partial charge in [-0.3, -0.25) is 4.79 Å². The predicted molar refractivity (Wildman–Crippen MR) is 77.2 cm³/mol. The van der Waals surface area contributed by atoms with Gasteiger partial charge in [-0.05, 0) is 47.9 Å². The molecule has 4 heteroatoms. The van der Waals surface area contributed by atoms with Crippen LogP contribution in [0, 0.1) is 0 Å². The number of fused-ring (bicyclic) bond motifs is 1. The average Bonchev–Trinajstić information content (AvgIpc) is 3.28. The minimum absolute atomic E-state index is 0.0572. The van der Waals surface area contributed by atoms with Gasteiger partial charge >= 0.3 is 0 Å². The molecule has 0 bridgehead atoms. The molecule has 1 fully saturated rings. The highest BCUT2D eigenvalue weighted by atomic mass is 16.5. The molecule has 4 nitrogen and oxygen atoms in total. The Labute approximate surface area is 117 Å². The smallest absolute Gasteiger partial charge is 0.258 e. The first-order chi connectivity index (χ1) is 9.74. The molecule has 2 aromatic carbocycles. The molecule has 0 radical (unpaired) electrons. The summed E-state index contributed by atoms with van der Waals surface area (Å²) in [5.41, 5.74) is 0. The molecule has 0 saturated heterocycles. The number of rotatable bonds is 5. The largest absolute Gasteiger partial charge is 0.497 e. The normalized spacial score (nSPS) is 14.1. The number of carbonyl (C=O) groups excluding carboxylic acids is 1. The molecule has 1 aliphatic carbocycles. The summed E-state index contributed by atoms with van der Waals surface area (Å²) in [6.45, 7) is 0.0615.